The van der Waals surface area contributed by atoms with Crippen LogP contribution in [-0.2, 0) is 4.79 Å². The van der Waals surface area contributed by atoms with E-state index in [1.807, 2.05) is 20.8 Å². The number of benzene rings is 1. The fraction of sp³-hybridized carbons (Fsp3) is 0.355. The quantitative estimate of drug-likeness (QED) is 0.296. The van der Waals surface area contributed by atoms with Gasteiger partial charge in [-0.05, 0) is 50.1 Å². The Morgan fingerprint density at radius 3 is 2.48 bits per heavy atom. The molecule has 1 atom stereocenters. The Balaban J connectivity index is 0.000000372. The van der Waals surface area contributed by atoms with Crippen molar-refractivity contribution in [3.8, 4) is 35.6 Å². The zero-order valence-corrected chi connectivity index (χ0v) is 25.5. The summed E-state index contributed by atoms with van der Waals surface area (Å²) in [6.07, 6.45) is 11.9. The maximum atomic E-state index is 14.7. The normalized spacial score (nSPS) is 14.9. The lowest BCUT2D eigenvalue weighted by atomic mass is 10.0. The smallest absolute Gasteiger partial charge is 0.306 e. The molecule has 2 aliphatic heterocycles. The SMILES string of the molecule is C#C.CC.C[C@H]1Nc2cc(Cl)cnc2O1.NC1CCN(C(=O)c2ncc(-c3cc(F)ccc3OCCC(=O)O)cc2F)CC1. The van der Waals surface area contributed by atoms with E-state index in [-0.39, 0.29) is 47.9 Å². The van der Waals surface area contributed by atoms with Crippen molar-refractivity contribution in [3.63, 3.8) is 0 Å². The van der Waals surface area contributed by atoms with Crippen molar-refractivity contribution in [2.24, 2.45) is 5.73 Å². The van der Waals surface area contributed by atoms with Crippen LogP contribution in [0.1, 0.15) is 50.5 Å². The van der Waals surface area contributed by atoms with E-state index in [2.05, 4.69) is 28.1 Å². The van der Waals surface area contributed by atoms with Gasteiger partial charge in [0, 0.05) is 42.7 Å². The summed E-state index contributed by atoms with van der Waals surface area (Å²) in [7, 11) is 0. The van der Waals surface area contributed by atoms with Gasteiger partial charge in [-0.15, -0.1) is 12.8 Å². The Labute approximate surface area is 260 Å². The summed E-state index contributed by atoms with van der Waals surface area (Å²) in [5.41, 5.74) is 6.80. The van der Waals surface area contributed by atoms with Crippen LogP contribution in [0.4, 0.5) is 14.5 Å². The van der Waals surface area contributed by atoms with Crippen molar-refractivity contribution in [2.45, 2.75) is 52.3 Å². The fourth-order valence-corrected chi connectivity index (χ4v) is 4.29. The van der Waals surface area contributed by atoms with Crippen molar-refractivity contribution in [1.29, 1.82) is 0 Å². The van der Waals surface area contributed by atoms with Gasteiger partial charge in [-0.1, -0.05) is 25.4 Å². The van der Waals surface area contributed by atoms with Crippen molar-refractivity contribution in [3.05, 3.63) is 65.1 Å². The Kier molecular flexibility index (Phi) is 14.3. The largest absolute Gasteiger partial charge is 0.492 e. The van der Waals surface area contributed by atoms with Crippen molar-refractivity contribution in [2.75, 3.05) is 25.0 Å². The number of carboxylic acids is 1. The molecule has 2 aliphatic rings. The molecule has 0 aliphatic carbocycles. The second-order valence-electron chi connectivity index (χ2n) is 9.23. The standard InChI is InChI=1S/C20H21F2N3O4.C7H7ClN2O.C2H6.C2H2/c21-13-1-2-17(29-8-5-18(26)27)15(10-13)12-9-16(22)19(24-11-12)20(28)25-6-3-14(23)4-7-25;1-4-10-6-2-5(8)3-9-7(6)11-4;2*1-2/h1-2,9-11,14H,3-8,23H2,(H,26,27);2-4,10H,1H3;1-2H3;1-2H/t;4-;;/m.0../s1. The monoisotopic (exact) mass is 631 g/mol. The van der Waals surface area contributed by atoms with E-state index < -0.39 is 23.5 Å². The number of nitrogens with one attached hydrogen (secondary N) is 1. The van der Waals surface area contributed by atoms with Crippen LogP contribution in [0.3, 0.4) is 0 Å². The van der Waals surface area contributed by atoms with Gasteiger partial charge in [0.2, 0.25) is 5.88 Å². The van der Waals surface area contributed by atoms with Crippen LogP contribution in [0.5, 0.6) is 11.6 Å². The first kappa shape index (κ1) is 35.7. The molecule has 3 aromatic rings. The van der Waals surface area contributed by atoms with Crippen LogP contribution < -0.4 is 20.5 Å². The molecule has 1 amide bonds. The second-order valence-corrected chi connectivity index (χ2v) is 9.66. The second kappa shape index (κ2) is 17.6. The molecule has 10 nitrogen and oxygen atoms in total. The third-order valence-electron chi connectivity index (χ3n) is 6.16. The number of carboxylic acid groups (broad SMARTS) is 1. The van der Waals surface area contributed by atoms with Gasteiger partial charge in [0.1, 0.15) is 17.3 Å². The van der Waals surface area contributed by atoms with E-state index in [0.29, 0.717) is 36.8 Å². The van der Waals surface area contributed by atoms with Crippen molar-refractivity contribution >= 4 is 29.2 Å². The number of hydrogen-bond donors (Lipinski definition) is 3. The van der Waals surface area contributed by atoms with E-state index in [0.717, 1.165) is 23.9 Å². The number of nitrogens with two attached hydrogens (primary N) is 1. The highest BCUT2D eigenvalue weighted by Gasteiger charge is 2.25. The number of pyridine rings is 2. The predicted octanol–water partition coefficient (Wildman–Crippen LogP) is 5.60. The van der Waals surface area contributed by atoms with Gasteiger partial charge in [-0.3, -0.25) is 9.59 Å². The minimum Gasteiger partial charge on any atom is -0.492 e. The van der Waals surface area contributed by atoms with Crippen LogP contribution in [0, 0.1) is 24.5 Å². The number of terminal acetylenes is 1. The predicted molar refractivity (Wildman–Crippen MR) is 165 cm³/mol. The summed E-state index contributed by atoms with van der Waals surface area (Å²) in [5, 5.41) is 12.4. The molecule has 1 fully saturated rings. The summed E-state index contributed by atoms with van der Waals surface area (Å²) < 4.78 is 39.1. The number of ether oxygens (including phenoxy) is 2. The van der Waals surface area contributed by atoms with Gasteiger partial charge < -0.3 is 30.5 Å². The van der Waals surface area contributed by atoms with Gasteiger partial charge in [0.25, 0.3) is 5.91 Å². The molecular formula is C31H36ClF2N5O5. The highest BCUT2D eigenvalue weighted by Crippen LogP contribution is 2.32. The Hall–Kier alpha value is -4.47. The molecule has 2 aromatic heterocycles. The molecule has 0 unspecified atom stereocenters. The lowest BCUT2D eigenvalue weighted by Crippen LogP contribution is -2.43. The summed E-state index contributed by atoms with van der Waals surface area (Å²) in [5.74, 6) is -2.14. The van der Waals surface area contributed by atoms with E-state index in [1.165, 1.54) is 17.2 Å². The zero-order chi connectivity index (χ0) is 32.8. The number of carbonyl (C=O) groups is 2. The molecule has 0 saturated carbocycles. The number of rotatable bonds is 6. The van der Waals surface area contributed by atoms with Crippen LogP contribution in [0.15, 0.2) is 42.7 Å². The first-order valence-corrected chi connectivity index (χ1v) is 14.3. The average molecular weight is 632 g/mol. The first-order valence-electron chi connectivity index (χ1n) is 13.9. The number of anilines is 1. The maximum absolute atomic E-state index is 14.7. The Morgan fingerprint density at radius 1 is 1.16 bits per heavy atom. The number of hydrogen-bond acceptors (Lipinski definition) is 8. The summed E-state index contributed by atoms with van der Waals surface area (Å²) in [6.45, 7) is 6.66. The highest BCUT2D eigenvalue weighted by molar-refractivity contribution is 6.30. The van der Waals surface area contributed by atoms with Gasteiger partial charge in [0.05, 0.1) is 18.1 Å². The number of piperidine rings is 1. The number of aliphatic carboxylic acids is 1. The number of fused-ring (bicyclic) bond motifs is 1. The molecule has 13 heteroatoms. The summed E-state index contributed by atoms with van der Waals surface area (Å²) >= 11 is 5.71. The molecule has 0 spiro atoms. The Bertz CT molecular complexity index is 1430. The lowest BCUT2D eigenvalue weighted by Gasteiger charge is -2.30. The molecule has 0 bridgehead atoms. The molecule has 0 radical (unpaired) electrons. The van der Waals surface area contributed by atoms with Crippen LogP contribution >= 0.6 is 11.6 Å². The van der Waals surface area contributed by atoms with Gasteiger partial charge in [-0.2, -0.15) is 0 Å². The maximum Gasteiger partial charge on any atom is 0.306 e. The molecule has 1 saturated heterocycles. The first-order chi connectivity index (χ1) is 21.1. The molecule has 4 heterocycles. The van der Waals surface area contributed by atoms with E-state index in [1.54, 1.807) is 12.3 Å². The van der Waals surface area contributed by atoms with Crippen LogP contribution in [-0.4, -0.2) is 63.8 Å². The molecule has 1 aromatic carbocycles. The molecule has 236 valence electrons. The minimum absolute atomic E-state index is 0.00373. The Morgan fingerprint density at radius 2 is 1.84 bits per heavy atom. The van der Waals surface area contributed by atoms with E-state index in [4.69, 9.17) is 31.9 Å². The number of carbonyl (C=O) groups excluding carboxylic acids is 1. The number of halogens is 3. The zero-order valence-electron chi connectivity index (χ0n) is 24.7. The van der Waals surface area contributed by atoms with Crippen LogP contribution in [0.25, 0.3) is 11.1 Å². The van der Waals surface area contributed by atoms with Gasteiger partial charge >= 0.3 is 5.97 Å². The molecule has 44 heavy (non-hydrogen) atoms. The lowest BCUT2D eigenvalue weighted by molar-refractivity contribution is -0.137. The number of nitrogens with zero attached hydrogens (tertiary/aromatic N) is 3. The van der Waals surface area contributed by atoms with Gasteiger partial charge in [0.15, 0.2) is 17.7 Å². The summed E-state index contributed by atoms with van der Waals surface area (Å²) in [4.78, 5) is 32.7. The molecule has 5 rings (SSSR count). The number of likely N-dealkylation sites (tertiary alicyclic amines) is 1. The average Bonchev–Trinajstić information content (AvgIpc) is 3.39. The fourth-order valence-electron chi connectivity index (χ4n) is 4.14. The topological polar surface area (TPSA) is 140 Å². The van der Waals surface area contributed by atoms with Crippen LogP contribution in [0.2, 0.25) is 5.02 Å². The van der Waals surface area contributed by atoms with E-state index >= 15 is 0 Å². The number of aromatic nitrogens is 2. The molecule has 4 N–H and O–H groups in total. The van der Waals surface area contributed by atoms with Gasteiger partial charge in [-0.25, -0.2) is 18.7 Å². The number of amides is 1. The van der Waals surface area contributed by atoms with E-state index in [9.17, 15) is 18.4 Å². The minimum atomic E-state index is -1.04. The van der Waals surface area contributed by atoms with Crippen molar-refractivity contribution < 1.29 is 33.0 Å². The third-order valence-corrected chi connectivity index (χ3v) is 6.37. The molecular weight excluding hydrogens is 596 g/mol. The highest BCUT2D eigenvalue weighted by atomic mass is 35.5. The summed E-state index contributed by atoms with van der Waals surface area (Å²) in [6, 6.07) is 6.55. The third kappa shape index (κ3) is 10.1. The van der Waals surface area contributed by atoms with Crippen molar-refractivity contribution in [1.82, 2.24) is 14.9 Å².